The molecule has 2 unspecified atom stereocenters. The number of thiazole rings is 1. The second-order valence-electron chi connectivity index (χ2n) is 5.04. The lowest BCUT2D eigenvalue weighted by Crippen LogP contribution is -2.35. The number of hydrogen-bond acceptors (Lipinski definition) is 6. The van der Waals surface area contributed by atoms with Crippen molar-refractivity contribution in [1.29, 1.82) is 0 Å². The monoisotopic (exact) mass is 284 g/mol. The molecule has 2 heterocycles. The zero-order valence-electron chi connectivity index (χ0n) is 11.0. The molecule has 0 radical (unpaired) electrons. The highest BCUT2D eigenvalue weighted by Crippen LogP contribution is 2.21. The van der Waals surface area contributed by atoms with Crippen LogP contribution in [-0.2, 0) is 4.79 Å². The van der Waals surface area contributed by atoms with Crippen LogP contribution in [-0.4, -0.2) is 47.6 Å². The Morgan fingerprint density at radius 1 is 1.79 bits per heavy atom. The molecule has 1 fully saturated rings. The Morgan fingerprint density at radius 3 is 3.26 bits per heavy atom. The van der Waals surface area contributed by atoms with Crippen molar-refractivity contribution in [3.63, 3.8) is 0 Å². The fourth-order valence-corrected chi connectivity index (χ4v) is 3.06. The molecule has 0 aromatic carbocycles. The van der Waals surface area contributed by atoms with Crippen molar-refractivity contribution in [2.75, 3.05) is 32.0 Å². The summed E-state index contributed by atoms with van der Waals surface area (Å²) in [6, 6.07) is -1.03. The van der Waals surface area contributed by atoms with Gasteiger partial charge in [0.05, 0.1) is 5.69 Å². The van der Waals surface area contributed by atoms with Crippen molar-refractivity contribution in [2.24, 2.45) is 11.7 Å². The predicted octanol–water partition coefficient (Wildman–Crippen LogP) is 0.981. The molecule has 1 aliphatic rings. The summed E-state index contributed by atoms with van der Waals surface area (Å²) in [6.07, 6.45) is 2.46. The van der Waals surface area contributed by atoms with E-state index in [0.717, 1.165) is 18.2 Å². The molecule has 0 amide bonds. The molecule has 6 nitrogen and oxygen atoms in total. The van der Waals surface area contributed by atoms with E-state index in [1.165, 1.54) is 30.7 Å². The van der Waals surface area contributed by atoms with Crippen LogP contribution in [0.5, 0.6) is 0 Å². The Morgan fingerprint density at radius 2 is 2.58 bits per heavy atom. The van der Waals surface area contributed by atoms with Crippen LogP contribution < -0.4 is 11.1 Å². The maximum Gasteiger partial charge on any atom is 0.326 e. The SMILES string of the molecule is CN1CCCC(CNc2nc(C(N)C(=O)O)cs2)C1. The van der Waals surface area contributed by atoms with Gasteiger partial charge in [0.25, 0.3) is 0 Å². The van der Waals surface area contributed by atoms with Gasteiger partial charge in [-0.3, -0.25) is 4.79 Å². The van der Waals surface area contributed by atoms with Gasteiger partial charge >= 0.3 is 5.97 Å². The fourth-order valence-electron chi connectivity index (χ4n) is 2.31. The molecule has 0 saturated carbocycles. The van der Waals surface area contributed by atoms with Gasteiger partial charge in [-0.25, -0.2) is 4.98 Å². The number of rotatable bonds is 5. The van der Waals surface area contributed by atoms with Crippen molar-refractivity contribution in [2.45, 2.75) is 18.9 Å². The van der Waals surface area contributed by atoms with Gasteiger partial charge in [-0.15, -0.1) is 11.3 Å². The molecular formula is C12H20N4O2S. The molecule has 4 N–H and O–H groups in total. The lowest BCUT2D eigenvalue weighted by atomic mass is 9.99. The van der Waals surface area contributed by atoms with Crippen molar-refractivity contribution in [1.82, 2.24) is 9.88 Å². The molecule has 2 rings (SSSR count). The third-order valence-electron chi connectivity index (χ3n) is 3.37. The summed E-state index contributed by atoms with van der Waals surface area (Å²) >= 11 is 1.41. The van der Waals surface area contributed by atoms with E-state index in [1.54, 1.807) is 5.38 Å². The molecule has 1 aliphatic heterocycles. The Kier molecular flexibility index (Phi) is 4.73. The highest BCUT2D eigenvalue weighted by Gasteiger charge is 2.19. The minimum absolute atomic E-state index is 0.417. The van der Waals surface area contributed by atoms with Crippen LogP contribution in [0.3, 0.4) is 0 Å². The Labute approximate surface area is 116 Å². The Hall–Kier alpha value is -1.18. The van der Waals surface area contributed by atoms with E-state index in [1.807, 2.05) is 0 Å². The van der Waals surface area contributed by atoms with E-state index in [9.17, 15) is 4.79 Å². The number of nitrogens with two attached hydrogens (primary N) is 1. The smallest absolute Gasteiger partial charge is 0.326 e. The summed E-state index contributed by atoms with van der Waals surface area (Å²) in [5.74, 6) is -0.426. The first-order chi connectivity index (χ1) is 9.06. The largest absolute Gasteiger partial charge is 0.480 e. The predicted molar refractivity (Wildman–Crippen MR) is 75.4 cm³/mol. The van der Waals surface area contributed by atoms with Gasteiger partial charge in [-0.2, -0.15) is 0 Å². The minimum Gasteiger partial charge on any atom is -0.480 e. The number of aromatic nitrogens is 1. The number of nitrogens with zero attached hydrogens (tertiary/aromatic N) is 2. The molecule has 19 heavy (non-hydrogen) atoms. The van der Waals surface area contributed by atoms with Crippen LogP contribution in [0.2, 0.25) is 0 Å². The zero-order chi connectivity index (χ0) is 13.8. The van der Waals surface area contributed by atoms with Gasteiger partial charge < -0.3 is 21.1 Å². The van der Waals surface area contributed by atoms with E-state index >= 15 is 0 Å². The number of carbonyl (C=O) groups is 1. The normalized spacial score (nSPS) is 22.1. The number of carboxylic acids is 1. The second kappa shape index (κ2) is 6.31. The number of hydrogen-bond donors (Lipinski definition) is 3. The van der Waals surface area contributed by atoms with Crippen LogP contribution in [0.15, 0.2) is 5.38 Å². The molecule has 2 atom stereocenters. The molecule has 0 aliphatic carbocycles. The first-order valence-corrected chi connectivity index (χ1v) is 7.30. The molecule has 1 aromatic rings. The van der Waals surface area contributed by atoms with Crippen LogP contribution in [0.1, 0.15) is 24.6 Å². The maximum absolute atomic E-state index is 10.8. The van der Waals surface area contributed by atoms with E-state index in [4.69, 9.17) is 10.8 Å². The minimum atomic E-state index is -1.05. The Balaban J connectivity index is 1.84. The van der Waals surface area contributed by atoms with E-state index in [2.05, 4.69) is 22.2 Å². The van der Waals surface area contributed by atoms with Crippen molar-refractivity contribution >= 4 is 22.4 Å². The standard InChI is InChI=1S/C12H20N4O2S/c1-16-4-2-3-8(6-16)5-14-12-15-9(7-19-12)10(13)11(17)18/h7-8,10H,2-6,13H2,1H3,(H,14,15)(H,17,18). The van der Waals surface area contributed by atoms with E-state index in [0.29, 0.717) is 11.6 Å². The third-order valence-corrected chi connectivity index (χ3v) is 4.19. The summed E-state index contributed by atoms with van der Waals surface area (Å²) < 4.78 is 0. The molecule has 106 valence electrons. The van der Waals surface area contributed by atoms with Gasteiger partial charge in [-0.05, 0) is 32.4 Å². The second-order valence-corrected chi connectivity index (χ2v) is 5.90. The van der Waals surface area contributed by atoms with Gasteiger partial charge in [0, 0.05) is 18.5 Å². The first kappa shape index (κ1) is 14.2. The highest BCUT2D eigenvalue weighted by molar-refractivity contribution is 7.13. The molecular weight excluding hydrogens is 264 g/mol. The van der Waals surface area contributed by atoms with Crippen LogP contribution in [0.25, 0.3) is 0 Å². The number of aliphatic carboxylic acids is 1. The van der Waals surface area contributed by atoms with Crippen molar-refractivity contribution < 1.29 is 9.90 Å². The van der Waals surface area contributed by atoms with Crippen LogP contribution >= 0.6 is 11.3 Å². The Bertz CT molecular complexity index is 437. The average molecular weight is 284 g/mol. The molecule has 1 saturated heterocycles. The van der Waals surface area contributed by atoms with Crippen LogP contribution in [0.4, 0.5) is 5.13 Å². The van der Waals surface area contributed by atoms with Gasteiger partial charge in [0.2, 0.25) is 0 Å². The van der Waals surface area contributed by atoms with Gasteiger partial charge in [0.15, 0.2) is 5.13 Å². The summed E-state index contributed by atoms with van der Waals surface area (Å²) in [5, 5.41) is 14.6. The first-order valence-electron chi connectivity index (χ1n) is 6.42. The number of carboxylic acid groups (broad SMARTS) is 1. The number of likely N-dealkylation sites (tertiary alicyclic amines) is 1. The number of nitrogens with one attached hydrogen (secondary N) is 1. The van der Waals surface area contributed by atoms with E-state index < -0.39 is 12.0 Å². The lowest BCUT2D eigenvalue weighted by Gasteiger charge is -2.29. The average Bonchev–Trinajstić information content (AvgIpc) is 2.84. The topological polar surface area (TPSA) is 91.5 Å². The summed E-state index contributed by atoms with van der Waals surface area (Å²) in [7, 11) is 2.14. The lowest BCUT2D eigenvalue weighted by molar-refractivity contribution is -0.138. The molecule has 0 spiro atoms. The van der Waals surface area contributed by atoms with Gasteiger partial charge in [-0.1, -0.05) is 0 Å². The highest BCUT2D eigenvalue weighted by atomic mass is 32.1. The molecule has 0 bridgehead atoms. The number of piperidine rings is 1. The fraction of sp³-hybridized carbons (Fsp3) is 0.667. The van der Waals surface area contributed by atoms with Crippen LogP contribution in [0, 0.1) is 5.92 Å². The van der Waals surface area contributed by atoms with Crippen molar-refractivity contribution in [3.05, 3.63) is 11.1 Å². The summed E-state index contributed by atoms with van der Waals surface area (Å²) in [5.41, 5.74) is 5.94. The quantitative estimate of drug-likeness (QED) is 0.746. The maximum atomic E-state index is 10.8. The van der Waals surface area contributed by atoms with Gasteiger partial charge in [0.1, 0.15) is 6.04 Å². The third kappa shape index (κ3) is 3.89. The summed E-state index contributed by atoms with van der Waals surface area (Å²) in [4.78, 5) is 17.3. The molecule has 7 heteroatoms. The molecule has 1 aromatic heterocycles. The zero-order valence-corrected chi connectivity index (χ0v) is 11.8. The van der Waals surface area contributed by atoms with Crippen molar-refractivity contribution in [3.8, 4) is 0 Å². The van der Waals surface area contributed by atoms with E-state index in [-0.39, 0.29) is 0 Å². The summed E-state index contributed by atoms with van der Waals surface area (Å²) in [6.45, 7) is 3.14. The number of anilines is 1.